The van der Waals surface area contributed by atoms with E-state index in [0.717, 1.165) is 22.4 Å². The highest BCUT2D eigenvalue weighted by molar-refractivity contribution is 5.71. The van der Waals surface area contributed by atoms with Crippen LogP contribution in [0.25, 0.3) is 11.1 Å². The maximum atomic E-state index is 14.4. The van der Waals surface area contributed by atoms with Crippen LogP contribution in [0.4, 0.5) is 4.39 Å². The summed E-state index contributed by atoms with van der Waals surface area (Å²) in [6.07, 6.45) is -0.151. The van der Waals surface area contributed by atoms with Crippen LogP contribution in [0.15, 0.2) is 36.4 Å². The summed E-state index contributed by atoms with van der Waals surface area (Å²) >= 11 is 0. The SMILES string of the molecule is COc1cc(-c2ccccc2F)c([C@H](OC)C(C)(C)C)cc1C. The summed E-state index contributed by atoms with van der Waals surface area (Å²) in [6.45, 7) is 8.34. The van der Waals surface area contributed by atoms with E-state index >= 15 is 0 Å². The third-order valence-corrected chi connectivity index (χ3v) is 4.04. The fourth-order valence-electron chi connectivity index (χ4n) is 3.01. The molecule has 0 saturated heterocycles. The van der Waals surface area contributed by atoms with E-state index in [1.165, 1.54) is 6.07 Å². The van der Waals surface area contributed by atoms with Gasteiger partial charge in [-0.05, 0) is 47.2 Å². The zero-order valence-corrected chi connectivity index (χ0v) is 14.7. The van der Waals surface area contributed by atoms with Gasteiger partial charge < -0.3 is 9.47 Å². The molecule has 23 heavy (non-hydrogen) atoms. The van der Waals surface area contributed by atoms with Gasteiger partial charge in [-0.15, -0.1) is 0 Å². The summed E-state index contributed by atoms with van der Waals surface area (Å²) in [4.78, 5) is 0. The molecule has 2 aromatic carbocycles. The zero-order valence-electron chi connectivity index (χ0n) is 14.7. The largest absolute Gasteiger partial charge is 0.496 e. The monoisotopic (exact) mass is 316 g/mol. The highest BCUT2D eigenvalue weighted by atomic mass is 19.1. The van der Waals surface area contributed by atoms with Gasteiger partial charge in [0.15, 0.2) is 0 Å². The van der Waals surface area contributed by atoms with Crippen molar-refractivity contribution in [1.29, 1.82) is 0 Å². The van der Waals surface area contributed by atoms with Crippen molar-refractivity contribution in [2.24, 2.45) is 5.41 Å². The number of rotatable bonds is 4. The summed E-state index contributed by atoms with van der Waals surface area (Å²) in [5.41, 5.74) is 3.24. The highest BCUT2D eigenvalue weighted by Gasteiger charge is 2.29. The highest BCUT2D eigenvalue weighted by Crippen LogP contribution is 2.43. The Kier molecular flexibility index (Phi) is 5.10. The maximum Gasteiger partial charge on any atom is 0.131 e. The molecule has 0 spiro atoms. The summed E-state index contributed by atoms with van der Waals surface area (Å²) in [7, 11) is 3.32. The second-order valence-corrected chi connectivity index (χ2v) is 6.87. The van der Waals surface area contributed by atoms with E-state index in [-0.39, 0.29) is 17.3 Å². The molecule has 2 nitrogen and oxygen atoms in total. The van der Waals surface area contributed by atoms with Crippen molar-refractivity contribution in [3.05, 3.63) is 53.3 Å². The average molecular weight is 316 g/mol. The third-order valence-electron chi connectivity index (χ3n) is 4.04. The molecule has 0 saturated carbocycles. The molecule has 0 aliphatic carbocycles. The van der Waals surface area contributed by atoms with Crippen LogP contribution in [0.3, 0.4) is 0 Å². The molecule has 0 heterocycles. The lowest BCUT2D eigenvalue weighted by Crippen LogP contribution is -2.21. The lowest BCUT2D eigenvalue weighted by molar-refractivity contribution is 0.0155. The number of hydrogen-bond acceptors (Lipinski definition) is 2. The molecule has 2 aromatic rings. The van der Waals surface area contributed by atoms with Crippen molar-refractivity contribution in [2.45, 2.75) is 33.8 Å². The molecule has 0 aromatic heterocycles. The van der Waals surface area contributed by atoms with Crippen molar-refractivity contribution in [2.75, 3.05) is 14.2 Å². The number of halogens is 1. The van der Waals surface area contributed by atoms with Crippen LogP contribution in [-0.2, 0) is 4.74 Å². The van der Waals surface area contributed by atoms with Gasteiger partial charge in [-0.2, -0.15) is 0 Å². The predicted octanol–water partition coefficient (Wildman–Crippen LogP) is 5.54. The van der Waals surface area contributed by atoms with Crippen LogP contribution in [-0.4, -0.2) is 14.2 Å². The molecule has 0 aliphatic heterocycles. The molecular weight excluding hydrogens is 291 g/mol. The Balaban J connectivity index is 2.75. The maximum absolute atomic E-state index is 14.4. The van der Waals surface area contributed by atoms with Gasteiger partial charge in [-0.3, -0.25) is 0 Å². The topological polar surface area (TPSA) is 18.5 Å². The Hall–Kier alpha value is -1.87. The third kappa shape index (κ3) is 3.56. The molecule has 1 atom stereocenters. The van der Waals surface area contributed by atoms with Gasteiger partial charge in [0, 0.05) is 12.7 Å². The molecule has 124 valence electrons. The van der Waals surface area contributed by atoms with E-state index in [1.54, 1.807) is 26.4 Å². The number of benzene rings is 2. The van der Waals surface area contributed by atoms with Crippen molar-refractivity contribution < 1.29 is 13.9 Å². The first-order valence-corrected chi connectivity index (χ1v) is 7.75. The molecule has 2 rings (SSSR count). The molecule has 0 radical (unpaired) electrons. The van der Waals surface area contributed by atoms with Gasteiger partial charge in [0.2, 0.25) is 0 Å². The van der Waals surface area contributed by atoms with Crippen molar-refractivity contribution in [3.8, 4) is 16.9 Å². The first kappa shape index (κ1) is 17.5. The predicted molar refractivity (Wildman–Crippen MR) is 92.3 cm³/mol. The van der Waals surface area contributed by atoms with Crippen molar-refractivity contribution >= 4 is 0 Å². The van der Waals surface area contributed by atoms with Gasteiger partial charge in [0.1, 0.15) is 11.6 Å². The summed E-state index contributed by atoms with van der Waals surface area (Å²) in [6, 6.07) is 10.7. The standard InChI is InChI=1S/C20H25FO2/c1-13-11-16(19(23-6)20(2,3)4)15(12-18(13)22-5)14-9-7-8-10-17(14)21/h7-12,19H,1-6H3/t19-/m0/s1. The first-order valence-electron chi connectivity index (χ1n) is 7.75. The van der Waals surface area contributed by atoms with Crippen molar-refractivity contribution in [1.82, 2.24) is 0 Å². The van der Waals surface area contributed by atoms with E-state index in [9.17, 15) is 4.39 Å². The number of hydrogen-bond donors (Lipinski definition) is 0. The van der Waals surface area contributed by atoms with Gasteiger partial charge in [-0.1, -0.05) is 39.0 Å². The fourth-order valence-corrected chi connectivity index (χ4v) is 3.01. The summed E-state index contributed by atoms with van der Waals surface area (Å²) in [5.74, 6) is 0.499. The van der Waals surface area contributed by atoms with Crippen LogP contribution < -0.4 is 4.74 Å². The minimum atomic E-state index is -0.247. The first-order chi connectivity index (χ1) is 10.8. The fraction of sp³-hybridized carbons (Fsp3) is 0.400. The quantitative estimate of drug-likeness (QED) is 0.737. The molecule has 0 unspecified atom stereocenters. The lowest BCUT2D eigenvalue weighted by Gasteiger charge is -2.32. The van der Waals surface area contributed by atoms with E-state index < -0.39 is 0 Å². The van der Waals surface area contributed by atoms with Gasteiger partial charge in [0.25, 0.3) is 0 Å². The molecule has 0 fully saturated rings. The van der Waals surface area contributed by atoms with E-state index in [4.69, 9.17) is 9.47 Å². The molecule has 3 heteroatoms. The Morgan fingerprint density at radius 3 is 2.17 bits per heavy atom. The van der Waals surface area contributed by atoms with Crippen LogP contribution in [0.2, 0.25) is 0 Å². The number of methoxy groups -OCH3 is 2. The van der Waals surface area contributed by atoms with E-state index in [0.29, 0.717) is 5.56 Å². The normalized spacial score (nSPS) is 13.0. The van der Waals surface area contributed by atoms with E-state index in [1.807, 2.05) is 25.1 Å². The summed E-state index contributed by atoms with van der Waals surface area (Å²) in [5, 5.41) is 0. The molecule has 0 bridgehead atoms. The van der Waals surface area contributed by atoms with Crippen molar-refractivity contribution in [3.63, 3.8) is 0 Å². The van der Waals surface area contributed by atoms with Crippen LogP contribution in [0.5, 0.6) is 5.75 Å². The van der Waals surface area contributed by atoms with Gasteiger partial charge >= 0.3 is 0 Å². The van der Waals surface area contributed by atoms with Gasteiger partial charge in [0.05, 0.1) is 13.2 Å². The second-order valence-electron chi connectivity index (χ2n) is 6.87. The second kappa shape index (κ2) is 6.71. The Morgan fingerprint density at radius 2 is 1.65 bits per heavy atom. The minimum absolute atomic E-state index is 0.115. The molecule has 0 N–H and O–H groups in total. The van der Waals surface area contributed by atoms with Crippen LogP contribution >= 0.6 is 0 Å². The van der Waals surface area contributed by atoms with Gasteiger partial charge in [-0.25, -0.2) is 4.39 Å². The minimum Gasteiger partial charge on any atom is -0.496 e. The van der Waals surface area contributed by atoms with E-state index in [2.05, 4.69) is 20.8 Å². The lowest BCUT2D eigenvalue weighted by atomic mass is 9.81. The molecule has 0 aliphatic rings. The number of ether oxygens (including phenoxy) is 2. The Labute approximate surface area is 138 Å². The van der Waals surface area contributed by atoms with Crippen LogP contribution in [0.1, 0.15) is 38.0 Å². The Bertz CT molecular complexity index is 687. The average Bonchev–Trinajstić information content (AvgIpc) is 2.48. The zero-order chi connectivity index (χ0) is 17.2. The molecular formula is C20H25FO2. The molecule has 0 amide bonds. The smallest absolute Gasteiger partial charge is 0.131 e. The summed E-state index contributed by atoms with van der Waals surface area (Å²) < 4.78 is 25.6. The number of aryl methyl sites for hydroxylation is 1. The Morgan fingerprint density at radius 1 is 1.00 bits per heavy atom. The van der Waals surface area contributed by atoms with Crippen LogP contribution in [0, 0.1) is 18.2 Å².